The number of nitrogens with zero attached hydrogens (tertiary/aromatic N) is 3. The normalized spacial score (nSPS) is 15.1. The molecular formula is C20H24FN3O2. The van der Waals surface area contributed by atoms with Gasteiger partial charge in [-0.15, -0.1) is 0 Å². The molecule has 0 aromatic heterocycles. The molecule has 6 heteroatoms. The van der Waals surface area contributed by atoms with Crippen LogP contribution in [-0.2, 0) is 11.3 Å². The third-order valence-corrected chi connectivity index (χ3v) is 4.69. The van der Waals surface area contributed by atoms with E-state index in [1.807, 2.05) is 24.3 Å². The van der Waals surface area contributed by atoms with E-state index in [4.69, 9.17) is 0 Å². The van der Waals surface area contributed by atoms with E-state index in [-0.39, 0.29) is 17.5 Å². The Morgan fingerprint density at radius 2 is 1.85 bits per heavy atom. The fourth-order valence-electron chi connectivity index (χ4n) is 3.19. The molecule has 1 aliphatic rings. The van der Waals surface area contributed by atoms with Crippen LogP contribution in [0.2, 0.25) is 0 Å². The molecule has 0 bridgehead atoms. The number of phenolic OH excluding ortho intramolecular Hbond substituents is 1. The first-order valence-electron chi connectivity index (χ1n) is 8.76. The smallest absolute Gasteiger partial charge is 0.236 e. The number of carbonyl (C=O) groups is 1. The summed E-state index contributed by atoms with van der Waals surface area (Å²) in [7, 11) is 1.74. The van der Waals surface area contributed by atoms with Crippen molar-refractivity contribution in [2.75, 3.05) is 44.7 Å². The second kappa shape index (κ2) is 8.19. The molecule has 26 heavy (non-hydrogen) atoms. The molecule has 3 rings (SSSR count). The number of phenols is 1. The Hall–Kier alpha value is -2.60. The molecule has 2 aromatic carbocycles. The number of carbonyl (C=O) groups excluding carboxylic acids is 1. The van der Waals surface area contributed by atoms with Crippen molar-refractivity contribution in [2.45, 2.75) is 6.54 Å². The van der Waals surface area contributed by atoms with Crippen molar-refractivity contribution >= 4 is 11.6 Å². The highest BCUT2D eigenvalue weighted by molar-refractivity contribution is 5.78. The molecular weight excluding hydrogens is 333 g/mol. The minimum Gasteiger partial charge on any atom is -0.506 e. The molecule has 0 radical (unpaired) electrons. The topological polar surface area (TPSA) is 47.0 Å². The molecule has 0 atom stereocenters. The first kappa shape index (κ1) is 18.2. The second-order valence-electron chi connectivity index (χ2n) is 6.63. The van der Waals surface area contributed by atoms with Gasteiger partial charge in [-0.1, -0.05) is 24.3 Å². The van der Waals surface area contributed by atoms with Gasteiger partial charge in [0.1, 0.15) is 11.6 Å². The predicted molar refractivity (Wildman–Crippen MR) is 99.6 cm³/mol. The number of benzene rings is 2. The average molecular weight is 357 g/mol. The van der Waals surface area contributed by atoms with Gasteiger partial charge in [0.2, 0.25) is 5.91 Å². The van der Waals surface area contributed by atoms with E-state index < -0.39 is 0 Å². The van der Waals surface area contributed by atoms with E-state index in [0.717, 1.165) is 37.4 Å². The van der Waals surface area contributed by atoms with E-state index >= 15 is 0 Å². The fourth-order valence-corrected chi connectivity index (χ4v) is 3.19. The first-order valence-corrected chi connectivity index (χ1v) is 8.76. The summed E-state index contributed by atoms with van der Waals surface area (Å²) in [6.07, 6.45) is 0. The summed E-state index contributed by atoms with van der Waals surface area (Å²) in [5, 5.41) is 9.96. The maximum atomic E-state index is 13.3. The predicted octanol–water partition coefficient (Wildman–Crippen LogP) is 2.31. The van der Waals surface area contributed by atoms with Crippen molar-refractivity contribution < 1.29 is 14.3 Å². The minimum absolute atomic E-state index is 0.0188. The van der Waals surface area contributed by atoms with Crippen molar-refractivity contribution in [3.63, 3.8) is 0 Å². The number of rotatable bonds is 5. The largest absolute Gasteiger partial charge is 0.506 e. The summed E-state index contributed by atoms with van der Waals surface area (Å²) in [5.74, 6) is 0.0146. The van der Waals surface area contributed by atoms with E-state index in [0.29, 0.717) is 13.1 Å². The molecule has 1 heterocycles. The maximum absolute atomic E-state index is 13.3. The molecule has 0 spiro atoms. The van der Waals surface area contributed by atoms with Crippen molar-refractivity contribution in [2.24, 2.45) is 0 Å². The molecule has 1 saturated heterocycles. The van der Waals surface area contributed by atoms with Crippen LogP contribution >= 0.6 is 0 Å². The third-order valence-electron chi connectivity index (χ3n) is 4.69. The van der Waals surface area contributed by atoms with Crippen LogP contribution in [0.3, 0.4) is 0 Å². The van der Waals surface area contributed by atoms with Crippen LogP contribution in [0.25, 0.3) is 0 Å². The summed E-state index contributed by atoms with van der Waals surface area (Å²) < 4.78 is 13.3. The van der Waals surface area contributed by atoms with Gasteiger partial charge in [-0.05, 0) is 29.8 Å². The molecule has 1 amide bonds. The third kappa shape index (κ3) is 4.52. The van der Waals surface area contributed by atoms with Crippen LogP contribution in [-0.4, -0.2) is 60.6 Å². The van der Waals surface area contributed by atoms with Crippen molar-refractivity contribution in [3.05, 3.63) is 59.9 Å². The highest BCUT2D eigenvalue weighted by Crippen LogP contribution is 2.27. The molecule has 5 nitrogen and oxygen atoms in total. The van der Waals surface area contributed by atoms with Gasteiger partial charge in [0, 0.05) is 39.8 Å². The molecule has 0 aliphatic carbocycles. The monoisotopic (exact) mass is 357 g/mol. The lowest BCUT2D eigenvalue weighted by atomic mass is 10.2. The number of hydrogen-bond acceptors (Lipinski definition) is 4. The van der Waals surface area contributed by atoms with E-state index in [1.165, 1.54) is 12.1 Å². The van der Waals surface area contributed by atoms with Crippen LogP contribution in [0.5, 0.6) is 5.75 Å². The van der Waals surface area contributed by atoms with Crippen LogP contribution in [0.1, 0.15) is 5.56 Å². The summed E-state index contributed by atoms with van der Waals surface area (Å²) in [6, 6.07) is 13.6. The van der Waals surface area contributed by atoms with E-state index in [1.54, 1.807) is 24.1 Å². The van der Waals surface area contributed by atoms with Crippen molar-refractivity contribution in [1.29, 1.82) is 0 Å². The van der Waals surface area contributed by atoms with Crippen LogP contribution in [0.15, 0.2) is 48.5 Å². The lowest BCUT2D eigenvalue weighted by molar-refractivity contribution is -0.131. The van der Waals surface area contributed by atoms with Crippen LogP contribution in [0.4, 0.5) is 10.1 Å². The van der Waals surface area contributed by atoms with Gasteiger partial charge >= 0.3 is 0 Å². The van der Waals surface area contributed by atoms with Gasteiger partial charge in [0.25, 0.3) is 0 Å². The van der Waals surface area contributed by atoms with Gasteiger partial charge in [0.05, 0.1) is 12.2 Å². The summed E-state index contributed by atoms with van der Waals surface area (Å²) in [6.45, 7) is 3.79. The van der Waals surface area contributed by atoms with Gasteiger partial charge in [-0.3, -0.25) is 9.69 Å². The van der Waals surface area contributed by atoms with Crippen molar-refractivity contribution in [1.82, 2.24) is 9.80 Å². The Kier molecular flexibility index (Phi) is 5.73. The molecule has 2 aromatic rings. The van der Waals surface area contributed by atoms with E-state index in [9.17, 15) is 14.3 Å². The zero-order valence-electron chi connectivity index (χ0n) is 14.9. The lowest BCUT2D eigenvalue weighted by Gasteiger charge is -2.36. The van der Waals surface area contributed by atoms with Crippen LogP contribution in [0, 0.1) is 5.82 Å². The Morgan fingerprint density at radius 1 is 1.12 bits per heavy atom. The number of para-hydroxylation sites is 2. The molecule has 1 aliphatic heterocycles. The number of aromatic hydroxyl groups is 1. The number of piperazine rings is 1. The van der Waals surface area contributed by atoms with Gasteiger partial charge in [-0.2, -0.15) is 0 Å². The molecule has 138 valence electrons. The maximum Gasteiger partial charge on any atom is 0.236 e. The zero-order chi connectivity index (χ0) is 18.5. The number of hydrogen-bond donors (Lipinski definition) is 1. The van der Waals surface area contributed by atoms with Crippen molar-refractivity contribution in [3.8, 4) is 5.75 Å². The highest BCUT2D eigenvalue weighted by atomic mass is 19.1. The number of halogens is 1. The molecule has 1 fully saturated rings. The highest BCUT2D eigenvalue weighted by Gasteiger charge is 2.22. The van der Waals surface area contributed by atoms with Gasteiger partial charge < -0.3 is 14.9 Å². The molecule has 0 unspecified atom stereocenters. The Labute approximate surface area is 153 Å². The quantitative estimate of drug-likeness (QED) is 0.892. The summed E-state index contributed by atoms with van der Waals surface area (Å²) >= 11 is 0. The van der Waals surface area contributed by atoms with Gasteiger partial charge in [0.15, 0.2) is 0 Å². The zero-order valence-corrected chi connectivity index (χ0v) is 14.9. The Morgan fingerprint density at radius 3 is 2.54 bits per heavy atom. The Balaban J connectivity index is 1.49. The first-order chi connectivity index (χ1) is 12.5. The fraction of sp³-hybridized carbons (Fsp3) is 0.350. The molecule has 1 N–H and O–H groups in total. The number of amides is 1. The van der Waals surface area contributed by atoms with E-state index in [2.05, 4.69) is 9.80 Å². The summed E-state index contributed by atoms with van der Waals surface area (Å²) in [4.78, 5) is 18.3. The Bertz CT molecular complexity index is 760. The number of likely N-dealkylation sites (N-methyl/N-ethyl adjacent to an activating group) is 1. The van der Waals surface area contributed by atoms with Crippen LogP contribution < -0.4 is 4.90 Å². The SMILES string of the molecule is CN(Cc1cccc(F)c1)C(=O)CN1CCN(c2ccccc2O)CC1. The molecule has 0 saturated carbocycles. The lowest BCUT2D eigenvalue weighted by Crippen LogP contribution is -2.49. The minimum atomic E-state index is -0.288. The standard InChI is InChI=1S/C20H24FN3O2/c1-22(14-16-5-4-6-17(21)13-16)20(26)15-23-9-11-24(12-10-23)18-7-2-3-8-19(18)25/h2-8,13,25H,9-12,14-15H2,1H3. The average Bonchev–Trinajstić information content (AvgIpc) is 2.63. The number of anilines is 1. The second-order valence-corrected chi connectivity index (χ2v) is 6.63. The summed E-state index contributed by atoms with van der Waals surface area (Å²) in [5.41, 5.74) is 1.62. The van der Waals surface area contributed by atoms with Gasteiger partial charge in [-0.25, -0.2) is 4.39 Å².